The van der Waals surface area contributed by atoms with Gasteiger partial charge in [-0.2, -0.15) is 5.26 Å². The Morgan fingerprint density at radius 2 is 1.27 bits per heavy atom. The van der Waals surface area contributed by atoms with Gasteiger partial charge in [0.15, 0.2) is 0 Å². The molecule has 77 heavy (non-hydrogen) atoms. The zero-order valence-electron chi connectivity index (χ0n) is 44.0. The molecule has 0 bridgehead atoms. The fourth-order valence-corrected chi connectivity index (χ4v) is 12.5. The molecule has 8 aromatic carbocycles. The van der Waals surface area contributed by atoms with Gasteiger partial charge in [-0.1, -0.05) is 149 Å². The molecule has 0 atom stereocenters. The highest BCUT2D eigenvalue weighted by molar-refractivity contribution is 6.09. The molecule has 1 fully saturated rings. The van der Waals surface area contributed by atoms with E-state index in [2.05, 4.69) is 235 Å². The molecular weight excluding hydrogens is 943 g/mol. The zero-order chi connectivity index (χ0) is 51.9. The Morgan fingerprint density at radius 3 is 1.96 bits per heavy atom. The van der Waals surface area contributed by atoms with E-state index in [0.29, 0.717) is 6.67 Å². The summed E-state index contributed by atoms with van der Waals surface area (Å²) in [4.78, 5) is 15.4. The van der Waals surface area contributed by atoms with Crippen LogP contribution in [0.5, 0.6) is 11.5 Å². The first-order valence-corrected chi connectivity index (χ1v) is 27.4. The average molecular weight is 1000 g/mol. The number of para-hydroxylation sites is 2. The van der Waals surface area contributed by atoms with Gasteiger partial charge in [-0.05, 0) is 125 Å². The second-order valence-corrected chi connectivity index (χ2v) is 22.0. The van der Waals surface area contributed by atoms with Crippen molar-refractivity contribution in [1.29, 1.82) is 5.26 Å². The van der Waals surface area contributed by atoms with Gasteiger partial charge in [0.2, 0.25) is 0 Å². The molecule has 0 N–H and O–H groups in total. The third kappa shape index (κ3) is 7.86. The van der Waals surface area contributed by atoms with Gasteiger partial charge in [0, 0.05) is 58.9 Å². The molecule has 2 aliphatic heterocycles. The predicted octanol–water partition coefficient (Wildman–Crippen LogP) is 17.7. The van der Waals surface area contributed by atoms with E-state index in [1.54, 1.807) is 0 Å². The summed E-state index contributed by atoms with van der Waals surface area (Å²) in [6, 6.07) is 68.5. The Kier molecular flexibility index (Phi) is 11.1. The lowest BCUT2D eigenvalue weighted by molar-refractivity contribution is 0.483. The van der Waals surface area contributed by atoms with Crippen molar-refractivity contribution >= 4 is 55.6 Å². The minimum Gasteiger partial charge on any atom is -0.457 e. The fourth-order valence-electron chi connectivity index (χ4n) is 12.5. The van der Waals surface area contributed by atoms with E-state index in [9.17, 15) is 5.26 Å². The molecule has 8 nitrogen and oxygen atoms in total. The van der Waals surface area contributed by atoms with Crippen LogP contribution in [-0.2, 0) is 18.4 Å². The molecule has 11 aromatic rings. The van der Waals surface area contributed by atoms with Crippen LogP contribution in [0.4, 0.5) is 22.7 Å². The first-order valence-electron chi connectivity index (χ1n) is 27.4. The van der Waals surface area contributed by atoms with Gasteiger partial charge in [0.05, 0.1) is 50.6 Å². The number of aryl methyl sites for hydroxylation is 2. The number of nitriles is 1. The van der Waals surface area contributed by atoms with Gasteiger partial charge in [-0.25, -0.2) is 9.97 Å². The van der Waals surface area contributed by atoms with E-state index >= 15 is 0 Å². The van der Waals surface area contributed by atoms with Crippen molar-refractivity contribution in [3.63, 3.8) is 0 Å². The number of ether oxygens (including phenoxy) is 1. The Bertz CT molecular complexity index is 4060. The van der Waals surface area contributed by atoms with Crippen LogP contribution in [0.3, 0.4) is 0 Å². The number of hydrogen-bond donors (Lipinski definition) is 0. The number of nitrogens with zero attached hydrogens (tertiary/aromatic N) is 7. The molecule has 3 aromatic heterocycles. The van der Waals surface area contributed by atoms with Crippen LogP contribution in [0.2, 0.25) is 0 Å². The van der Waals surface area contributed by atoms with Crippen molar-refractivity contribution in [3.05, 3.63) is 211 Å². The van der Waals surface area contributed by atoms with Crippen molar-refractivity contribution in [1.82, 2.24) is 19.1 Å². The van der Waals surface area contributed by atoms with Crippen LogP contribution in [0.25, 0.3) is 72.0 Å². The molecule has 376 valence electrons. The SMILES string of the molecule is CC(C)c1cccc(C(C)C)c1-c1cc(Oc2ccc3c4ccccc4n(-c4ccc(C5(C#N)CC5)cn4)c3c2)cc(N2CN(c3c(-c4ccccc4)cccc3-c3ccccc3)c3cc4c(cc32)nc2n4CCCC2)c1. The summed E-state index contributed by atoms with van der Waals surface area (Å²) in [5.41, 5.74) is 19.0. The number of anilines is 4. The summed E-state index contributed by atoms with van der Waals surface area (Å²) >= 11 is 0. The Morgan fingerprint density at radius 1 is 0.584 bits per heavy atom. The van der Waals surface area contributed by atoms with Crippen LogP contribution in [0.1, 0.15) is 87.7 Å². The standard InChI is InChI=1S/C69H59N7O/c1-44(2)53-22-15-23-54(45(3)4)67(53)48-35-50(37-52(36-48)77-51-29-30-58-57-21-11-12-26-60(57)76(61(58)38-51)65-31-28-49(41-71-65)69(42-70)32-33-69)74-43-75(64-40-62-59(39-63(64)74)72-66-27-13-14-34-73(62)66)68-55(46-17-7-5-8-18-46)24-16-25-56(68)47-19-9-6-10-20-47/h5-12,15-26,28-31,35-41,44-45H,13-14,27,32-34,43H2,1-4H3. The predicted molar refractivity (Wildman–Crippen MR) is 314 cm³/mol. The molecule has 0 radical (unpaired) electrons. The molecule has 5 heterocycles. The minimum atomic E-state index is -0.412. The first-order chi connectivity index (χ1) is 37.7. The van der Waals surface area contributed by atoms with Gasteiger partial charge >= 0.3 is 0 Å². The Labute approximate surface area is 450 Å². The second kappa shape index (κ2) is 18.4. The number of hydrogen-bond acceptors (Lipinski definition) is 6. The third-order valence-electron chi connectivity index (χ3n) is 16.5. The topological polar surface area (TPSA) is 75.1 Å². The molecule has 0 spiro atoms. The highest BCUT2D eigenvalue weighted by Gasteiger charge is 2.45. The van der Waals surface area contributed by atoms with E-state index < -0.39 is 5.41 Å². The number of fused-ring (bicyclic) bond motifs is 7. The Balaban J connectivity index is 0.968. The lowest BCUT2D eigenvalue weighted by atomic mass is 9.85. The maximum Gasteiger partial charge on any atom is 0.137 e. The van der Waals surface area contributed by atoms with Gasteiger partial charge < -0.3 is 19.1 Å². The number of rotatable bonds is 11. The van der Waals surface area contributed by atoms with Crippen LogP contribution in [0.15, 0.2) is 188 Å². The second-order valence-electron chi connectivity index (χ2n) is 22.0. The average Bonchev–Trinajstić information content (AvgIpc) is 3.99. The summed E-state index contributed by atoms with van der Waals surface area (Å²) in [5.74, 6) is 4.01. The van der Waals surface area contributed by atoms with E-state index in [1.165, 1.54) is 50.3 Å². The van der Waals surface area contributed by atoms with Gasteiger partial charge in [0.25, 0.3) is 0 Å². The largest absolute Gasteiger partial charge is 0.457 e. The summed E-state index contributed by atoms with van der Waals surface area (Å²) in [7, 11) is 0. The minimum absolute atomic E-state index is 0.285. The number of pyridine rings is 1. The van der Waals surface area contributed by atoms with Gasteiger partial charge in [-0.3, -0.25) is 4.57 Å². The fraction of sp³-hybridized carbons (Fsp3) is 0.203. The monoisotopic (exact) mass is 1000 g/mol. The van der Waals surface area contributed by atoms with Gasteiger partial charge in [0.1, 0.15) is 29.8 Å². The summed E-state index contributed by atoms with van der Waals surface area (Å²) in [5, 5.41) is 12.2. The van der Waals surface area contributed by atoms with E-state index in [0.717, 1.165) is 117 Å². The van der Waals surface area contributed by atoms with E-state index in [4.69, 9.17) is 14.7 Å². The summed E-state index contributed by atoms with van der Waals surface area (Å²) in [6.07, 6.45) is 6.93. The molecule has 3 aliphatic rings. The molecule has 14 rings (SSSR count). The molecule has 0 saturated heterocycles. The molecule has 0 unspecified atom stereocenters. The van der Waals surface area contributed by atoms with Crippen molar-refractivity contribution < 1.29 is 4.74 Å². The smallest absolute Gasteiger partial charge is 0.137 e. The van der Waals surface area contributed by atoms with E-state index in [1.807, 2.05) is 6.20 Å². The normalized spacial score (nSPS) is 14.7. The molecule has 1 saturated carbocycles. The summed E-state index contributed by atoms with van der Waals surface area (Å²) in [6.45, 7) is 10.7. The lowest BCUT2D eigenvalue weighted by Crippen LogP contribution is -2.25. The van der Waals surface area contributed by atoms with Crippen molar-refractivity contribution in [3.8, 4) is 56.8 Å². The first kappa shape index (κ1) is 46.6. The van der Waals surface area contributed by atoms with Crippen LogP contribution >= 0.6 is 0 Å². The maximum absolute atomic E-state index is 10.00. The van der Waals surface area contributed by atoms with Crippen LogP contribution < -0.4 is 14.5 Å². The molecule has 0 amide bonds. The van der Waals surface area contributed by atoms with Gasteiger partial charge in [-0.15, -0.1) is 0 Å². The van der Waals surface area contributed by atoms with Crippen LogP contribution in [0, 0.1) is 11.3 Å². The van der Waals surface area contributed by atoms with E-state index in [-0.39, 0.29) is 11.8 Å². The quantitative estimate of drug-likeness (QED) is 0.129. The van der Waals surface area contributed by atoms with Crippen LogP contribution in [-0.4, -0.2) is 25.8 Å². The lowest BCUT2D eigenvalue weighted by Gasteiger charge is -2.28. The zero-order valence-corrected chi connectivity index (χ0v) is 44.0. The van der Waals surface area contributed by atoms with Crippen molar-refractivity contribution in [2.45, 2.75) is 83.6 Å². The summed E-state index contributed by atoms with van der Waals surface area (Å²) < 4.78 is 12.0. The molecule has 1 aliphatic carbocycles. The number of aromatic nitrogens is 4. The highest BCUT2D eigenvalue weighted by atomic mass is 16.5. The highest BCUT2D eigenvalue weighted by Crippen LogP contribution is 2.53. The number of benzene rings is 8. The molecule has 8 heteroatoms. The third-order valence-corrected chi connectivity index (χ3v) is 16.5. The number of imidazole rings is 1. The molecular formula is C69H59N7O. The van der Waals surface area contributed by atoms with Crippen molar-refractivity contribution in [2.24, 2.45) is 0 Å². The maximum atomic E-state index is 10.00. The van der Waals surface area contributed by atoms with Crippen molar-refractivity contribution in [2.75, 3.05) is 16.5 Å². The Hall–Kier alpha value is -8.93.